The molecule has 0 bridgehead atoms. The average molecular weight is 394 g/mol. The number of fused-ring (bicyclic) bond motifs is 3. The highest BCUT2D eigenvalue weighted by Crippen LogP contribution is 2.40. The van der Waals surface area contributed by atoms with E-state index in [9.17, 15) is 14.7 Å². The van der Waals surface area contributed by atoms with E-state index in [4.69, 9.17) is 0 Å². The summed E-state index contributed by atoms with van der Waals surface area (Å²) < 4.78 is 1.42. The molecule has 1 saturated carbocycles. The van der Waals surface area contributed by atoms with Crippen molar-refractivity contribution in [2.75, 3.05) is 13.6 Å². The molecule has 2 aromatic heterocycles. The third-order valence-corrected chi connectivity index (χ3v) is 6.64. The van der Waals surface area contributed by atoms with Crippen molar-refractivity contribution in [3.05, 3.63) is 61.9 Å². The van der Waals surface area contributed by atoms with Crippen molar-refractivity contribution >= 4 is 10.9 Å². The molecule has 0 radical (unpaired) electrons. The number of rotatable bonds is 2. The van der Waals surface area contributed by atoms with Crippen LogP contribution in [0.3, 0.4) is 0 Å². The van der Waals surface area contributed by atoms with Crippen LogP contribution in [0.25, 0.3) is 10.9 Å². The summed E-state index contributed by atoms with van der Waals surface area (Å²) >= 11 is 0. The molecule has 1 atom stereocenters. The van der Waals surface area contributed by atoms with Crippen LogP contribution in [0, 0.1) is 0 Å². The lowest BCUT2D eigenvalue weighted by molar-refractivity contribution is 0.242. The van der Waals surface area contributed by atoms with Crippen molar-refractivity contribution in [2.24, 2.45) is 0 Å². The Morgan fingerprint density at radius 3 is 2.62 bits per heavy atom. The molecular weight excluding hydrogens is 368 g/mol. The van der Waals surface area contributed by atoms with Gasteiger partial charge in [0, 0.05) is 29.2 Å². The van der Waals surface area contributed by atoms with Gasteiger partial charge in [-0.1, -0.05) is 37.5 Å². The Hall–Kier alpha value is -2.80. The van der Waals surface area contributed by atoms with Gasteiger partial charge in [0.1, 0.15) is 5.56 Å². The quantitative estimate of drug-likeness (QED) is 0.623. The highest BCUT2D eigenvalue weighted by atomic mass is 16.3. The summed E-state index contributed by atoms with van der Waals surface area (Å²) in [5, 5.41) is 12.3. The highest BCUT2D eigenvalue weighted by Gasteiger charge is 2.35. The van der Waals surface area contributed by atoms with E-state index in [0.29, 0.717) is 0 Å². The number of H-pyrrole nitrogens is 2. The van der Waals surface area contributed by atoms with Crippen LogP contribution in [0.5, 0.6) is 5.88 Å². The van der Waals surface area contributed by atoms with Crippen LogP contribution in [-0.2, 0) is 6.42 Å². The molecule has 2 aliphatic rings. The molecule has 3 aromatic rings. The fourth-order valence-corrected chi connectivity index (χ4v) is 5.20. The zero-order valence-corrected chi connectivity index (χ0v) is 16.6. The Morgan fingerprint density at radius 1 is 1.07 bits per heavy atom. The Labute approximate surface area is 168 Å². The van der Waals surface area contributed by atoms with Crippen molar-refractivity contribution in [1.82, 2.24) is 19.4 Å². The minimum atomic E-state index is -0.515. The molecular formula is C22H26N4O3. The fourth-order valence-electron chi connectivity index (χ4n) is 5.20. The van der Waals surface area contributed by atoms with Crippen LogP contribution in [0.15, 0.2) is 33.9 Å². The van der Waals surface area contributed by atoms with Crippen molar-refractivity contribution < 1.29 is 5.11 Å². The Bertz CT molecular complexity index is 1180. The minimum Gasteiger partial charge on any atom is -0.494 e. The summed E-state index contributed by atoms with van der Waals surface area (Å²) in [6.07, 6.45) is 5.76. The second kappa shape index (κ2) is 6.91. The molecule has 7 heteroatoms. The standard InChI is InChI=1S/C22H26N4O3/c1-25-12-11-15-14-9-5-6-10-16(14)23-18(15)19(25)17-20(27)24-22(29)26(21(17)28)13-7-3-2-4-8-13/h5-6,9-10,13,19,23,28H,2-4,7-8,11-12H2,1H3,(H,24,27,29)/t19-/m1/s1. The molecule has 7 nitrogen and oxygen atoms in total. The van der Waals surface area contributed by atoms with Crippen molar-refractivity contribution in [1.29, 1.82) is 0 Å². The maximum atomic E-state index is 12.9. The van der Waals surface area contributed by atoms with Gasteiger partial charge in [-0.15, -0.1) is 0 Å². The van der Waals surface area contributed by atoms with Gasteiger partial charge >= 0.3 is 5.69 Å². The van der Waals surface area contributed by atoms with Gasteiger partial charge in [0.25, 0.3) is 5.56 Å². The summed E-state index contributed by atoms with van der Waals surface area (Å²) in [4.78, 5) is 33.5. The molecule has 1 fully saturated rings. The topological polar surface area (TPSA) is 94.1 Å². The number of benzene rings is 1. The number of hydrogen-bond acceptors (Lipinski definition) is 4. The van der Waals surface area contributed by atoms with Gasteiger partial charge in [0.2, 0.25) is 5.88 Å². The second-order valence-corrected chi connectivity index (χ2v) is 8.35. The molecule has 5 rings (SSSR count). The first-order valence-electron chi connectivity index (χ1n) is 10.4. The maximum Gasteiger partial charge on any atom is 0.331 e. The molecule has 1 aromatic carbocycles. The van der Waals surface area contributed by atoms with E-state index in [1.54, 1.807) is 0 Å². The van der Waals surface area contributed by atoms with Gasteiger partial charge in [-0.05, 0) is 37.9 Å². The highest BCUT2D eigenvalue weighted by molar-refractivity contribution is 5.85. The predicted molar refractivity (Wildman–Crippen MR) is 112 cm³/mol. The number of aromatic amines is 2. The fraction of sp³-hybridized carbons (Fsp3) is 0.455. The minimum absolute atomic E-state index is 0.0667. The number of para-hydroxylation sites is 1. The Kier molecular flexibility index (Phi) is 4.35. The third kappa shape index (κ3) is 2.83. The van der Waals surface area contributed by atoms with Gasteiger partial charge in [-0.2, -0.15) is 0 Å². The van der Waals surface area contributed by atoms with E-state index in [1.807, 2.05) is 25.2 Å². The lowest BCUT2D eigenvalue weighted by Crippen LogP contribution is -2.41. The van der Waals surface area contributed by atoms with E-state index in [0.717, 1.165) is 61.7 Å². The molecule has 1 aliphatic heterocycles. The molecule has 3 N–H and O–H groups in total. The number of hydrogen-bond donors (Lipinski definition) is 3. The molecule has 0 amide bonds. The zero-order valence-electron chi connectivity index (χ0n) is 16.6. The number of aromatic hydroxyl groups is 1. The molecule has 0 spiro atoms. The van der Waals surface area contributed by atoms with E-state index < -0.39 is 17.3 Å². The van der Waals surface area contributed by atoms with Crippen LogP contribution >= 0.6 is 0 Å². The summed E-state index contributed by atoms with van der Waals surface area (Å²) in [7, 11) is 1.95. The van der Waals surface area contributed by atoms with Gasteiger partial charge < -0.3 is 10.1 Å². The van der Waals surface area contributed by atoms with Crippen LogP contribution in [0.4, 0.5) is 0 Å². The van der Waals surface area contributed by atoms with Gasteiger partial charge in [0.05, 0.1) is 6.04 Å². The first-order valence-corrected chi connectivity index (χ1v) is 10.4. The van der Waals surface area contributed by atoms with Crippen LogP contribution in [0.2, 0.25) is 0 Å². The first-order chi connectivity index (χ1) is 14.1. The van der Waals surface area contributed by atoms with Crippen LogP contribution in [-0.4, -0.2) is 38.1 Å². The summed E-state index contributed by atoms with van der Waals surface area (Å²) in [6.45, 7) is 0.765. The van der Waals surface area contributed by atoms with Gasteiger partial charge in [0.15, 0.2) is 0 Å². The number of nitrogens with one attached hydrogen (secondary N) is 2. The Morgan fingerprint density at radius 2 is 1.83 bits per heavy atom. The van der Waals surface area contributed by atoms with Gasteiger partial charge in [-0.25, -0.2) is 4.79 Å². The normalized spacial score (nSPS) is 20.8. The predicted octanol–water partition coefficient (Wildman–Crippen LogP) is 2.81. The summed E-state index contributed by atoms with van der Waals surface area (Å²) in [5.41, 5.74) is 2.36. The van der Waals surface area contributed by atoms with E-state index in [2.05, 4.69) is 20.9 Å². The van der Waals surface area contributed by atoms with E-state index >= 15 is 0 Å². The smallest absolute Gasteiger partial charge is 0.331 e. The molecule has 0 unspecified atom stereocenters. The van der Waals surface area contributed by atoms with Crippen LogP contribution < -0.4 is 11.2 Å². The summed E-state index contributed by atoms with van der Waals surface area (Å²) in [6, 6.07) is 7.61. The molecule has 1 aliphatic carbocycles. The molecule has 3 heterocycles. The SMILES string of the molecule is CN1CCc2c([nH]c3ccccc23)[C@H]1c1c(O)n(C2CCCCC2)c(=O)[nH]c1=O. The molecule has 29 heavy (non-hydrogen) atoms. The lowest BCUT2D eigenvalue weighted by atomic mass is 9.92. The lowest BCUT2D eigenvalue weighted by Gasteiger charge is -2.33. The molecule has 0 saturated heterocycles. The third-order valence-electron chi connectivity index (χ3n) is 6.64. The van der Waals surface area contributed by atoms with E-state index in [-0.39, 0.29) is 17.5 Å². The summed E-state index contributed by atoms with van der Waals surface area (Å²) in [5.74, 6) is -0.186. The monoisotopic (exact) mass is 394 g/mol. The zero-order chi connectivity index (χ0) is 20.1. The van der Waals surface area contributed by atoms with Crippen molar-refractivity contribution in [2.45, 2.75) is 50.6 Å². The van der Waals surface area contributed by atoms with E-state index in [1.165, 1.54) is 10.1 Å². The first kappa shape index (κ1) is 18.2. The van der Waals surface area contributed by atoms with Crippen molar-refractivity contribution in [3.63, 3.8) is 0 Å². The largest absolute Gasteiger partial charge is 0.494 e. The Balaban J connectivity index is 1.72. The number of nitrogens with zero attached hydrogens (tertiary/aromatic N) is 2. The maximum absolute atomic E-state index is 12.9. The second-order valence-electron chi connectivity index (χ2n) is 8.35. The van der Waals surface area contributed by atoms with Crippen molar-refractivity contribution in [3.8, 4) is 5.88 Å². The van der Waals surface area contributed by atoms with Crippen LogP contribution in [0.1, 0.15) is 61.0 Å². The number of likely N-dealkylation sites (N-methyl/N-ethyl adjacent to an activating group) is 1. The molecule has 152 valence electrons. The average Bonchev–Trinajstić information content (AvgIpc) is 3.09. The number of aromatic nitrogens is 3. The van der Waals surface area contributed by atoms with Gasteiger partial charge in [-0.3, -0.25) is 19.2 Å².